The molecule has 1 heterocycles. The number of aromatic nitrogens is 2. The molecule has 0 saturated heterocycles. The van der Waals surface area contributed by atoms with E-state index >= 15 is 0 Å². The molecule has 0 unspecified atom stereocenters. The van der Waals surface area contributed by atoms with Gasteiger partial charge in [-0.3, -0.25) is 9.59 Å². The van der Waals surface area contributed by atoms with E-state index in [1.165, 1.54) is 13.3 Å². The number of anilines is 1. The molecule has 1 aromatic rings. The Labute approximate surface area is 68.2 Å². The third kappa shape index (κ3) is 1.60. The summed E-state index contributed by atoms with van der Waals surface area (Å²) in [5, 5.41) is 2.35. The molecule has 2 amide bonds. The number of carbonyl (C=O) groups is 2. The predicted octanol–water partition coefficient (Wildman–Crippen LogP) is -0.533. The highest BCUT2D eigenvalue weighted by Crippen LogP contribution is 2.07. The zero-order valence-electron chi connectivity index (χ0n) is 6.42. The standard InChI is InChI=1S/C6H8N4O2/c1-3(11)10-6-4(5(7)12)8-2-9-6/h2H,1H3,(H2,7,12)(H,8,9)(H,10,11). The monoisotopic (exact) mass is 168 g/mol. The molecule has 0 aliphatic heterocycles. The van der Waals surface area contributed by atoms with Crippen molar-refractivity contribution in [1.29, 1.82) is 0 Å². The minimum absolute atomic E-state index is 0.102. The van der Waals surface area contributed by atoms with Gasteiger partial charge in [0.05, 0.1) is 6.33 Å². The van der Waals surface area contributed by atoms with Crippen LogP contribution in [0.1, 0.15) is 17.4 Å². The van der Waals surface area contributed by atoms with E-state index in [0.717, 1.165) is 0 Å². The van der Waals surface area contributed by atoms with Crippen molar-refractivity contribution in [1.82, 2.24) is 9.97 Å². The summed E-state index contributed by atoms with van der Waals surface area (Å²) in [4.78, 5) is 27.4. The molecule has 1 rings (SSSR count). The van der Waals surface area contributed by atoms with Gasteiger partial charge in [0.1, 0.15) is 5.69 Å². The summed E-state index contributed by atoms with van der Waals surface area (Å²) in [5.74, 6) is -0.796. The van der Waals surface area contributed by atoms with Crippen LogP contribution in [0.2, 0.25) is 0 Å². The van der Waals surface area contributed by atoms with Crippen LogP contribution in [-0.2, 0) is 4.79 Å². The van der Waals surface area contributed by atoms with Crippen LogP contribution in [0.15, 0.2) is 6.33 Å². The molecule has 64 valence electrons. The molecule has 4 N–H and O–H groups in total. The Balaban J connectivity index is 2.91. The van der Waals surface area contributed by atoms with Crippen molar-refractivity contribution in [2.45, 2.75) is 6.92 Å². The number of imidazole rings is 1. The number of aromatic amines is 1. The Morgan fingerprint density at radius 2 is 2.33 bits per heavy atom. The zero-order chi connectivity index (χ0) is 9.14. The molecule has 0 atom stereocenters. The van der Waals surface area contributed by atoms with Crippen molar-refractivity contribution in [3.63, 3.8) is 0 Å². The largest absolute Gasteiger partial charge is 0.364 e. The van der Waals surface area contributed by atoms with Crippen LogP contribution in [0.25, 0.3) is 0 Å². The van der Waals surface area contributed by atoms with Crippen LogP contribution < -0.4 is 11.1 Å². The topological polar surface area (TPSA) is 101 Å². The van der Waals surface area contributed by atoms with E-state index in [-0.39, 0.29) is 17.4 Å². The molecule has 6 heteroatoms. The SMILES string of the molecule is CC(=O)Nc1nc[nH]c1C(N)=O. The van der Waals surface area contributed by atoms with E-state index in [9.17, 15) is 9.59 Å². The fraction of sp³-hybridized carbons (Fsp3) is 0.167. The molecule has 6 nitrogen and oxygen atoms in total. The first-order valence-corrected chi connectivity index (χ1v) is 3.22. The number of nitrogens with two attached hydrogens (primary N) is 1. The molecule has 0 radical (unpaired) electrons. The summed E-state index contributed by atoms with van der Waals surface area (Å²) in [5.41, 5.74) is 5.08. The first-order chi connectivity index (χ1) is 5.61. The number of nitrogens with zero attached hydrogens (tertiary/aromatic N) is 1. The van der Waals surface area contributed by atoms with E-state index in [4.69, 9.17) is 5.73 Å². The highest BCUT2D eigenvalue weighted by atomic mass is 16.2. The predicted molar refractivity (Wildman–Crippen MR) is 41.4 cm³/mol. The summed E-state index contributed by atoms with van der Waals surface area (Å²) in [6.07, 6.45) is 1.28. The third-order valence-electron chi connectivity index (χ3n) is 1.18. The minimum atomic E-state index is -0.656. The molecule has 0 saturated carbocycles. The fourth-order valence-electron chi connectivity index (χ4n) is 0.744. The summed E-state index contributed by atoms with van der Waals surface area (Å²) < 4.78 is 0. The molecular weight excluding hydrogens is 160 g/mol. The van der Waals surface area contributed by atoms with Gasteiger partial charge in [-0.05, 0) is 0 Å². The number of hydrogen-bond acceptors (Lipinski definition) is 3. The highest BCUT2D eigenvalue weighted by molar-refractivity contribution is 5.99. The molecule has 0 bridgehead atoms. The summed E-state index contributed by atoms with van der Waals surface area (Å²) in [6.45, 7) is 1.32. The molecule has 0 fully saturated rings. The number of rotatable bonds is 2. The van der Waals surface area contributed by atoms with Gasteiger partial charge in [0.2, 0.25) is 5.91 Å². The van der Waals surface area contributed by atoms with E-state index < -0.39 is 5.91 Å². The molecular formula is C6H8N4O2. The lowest BCUT2D eigenvalue weighted by molar-refractivity contribution is -0.114. The zero-order valence-corrected chi connectivity index (χ0v) is 6.42. The van der Waals surface area contributed by atoms with Crippen molar-refractivity contribution in [3.8, 4) is 0 Å². The van der Waals surface area contributed by atoms with Crippen LogP contribution in [0, 0.1) is 0 Å². The van der Waals surface area contributed by atoms with Crippen molar-refractivity contribution in [2.75, 3.05) is 5.32 Å². The number of carbonyl (C=O) groups excluding carboxylic acids is 2. The second-order valence-electron chi connectivity index (χ2n) is 2.17. The summed E-state index contributed by atoms with van der Waals surface area (Å²) in [6, 6.07) is 0. The number of hydrogen-bond donors (Lipinski definition) is 3. The van der Waals surface area contributed by atoms with Gasteiger partial charge < -0.3 is 16.0 Å². The second kappa shape index (κ2) is 3.04. The number of primary amides is 1. The number of H-pyrrole nitrogens is 1. The van der Waals surface area contributed by atoms with E-state index in [1.807, 2.05) is 0 Å². The molecule has 1 aromatic heterocycles. The first kappa shape index (κ1) is 8.25. The molecule has 0 aromatic carbocycles. The van der Waals surface area contributed by atoms with Gasteiger partial charge in [-0.15, -0.1) is 0 Å². The number of amides is 2. The Morgan fingerprint density at radius 1 is 1.67 bits per heavy atom. The Bertz CT molecular complexity index is 317. The maximum atomic E-state index is 10.7. The first-order valence-electron chi connectivity index (χ1n) is 3.22. The van der Waals surface area contributed by atoms with Crippen molar-refractivity contribution in [2.24, 2.45) is 5.73 Å². The minimum Gasteiger partial charge on any atom is -0.364 e. The van der Waals surface area contributed by atoms with Crippen LogP contribution in [0.3, 0.4) is 0 Å². The second-order valence-corrected chi connectivity index (χ2v) is 2.17. The third-order valence-corrected chi connectivity index (χ3v) is 1.18. The van der Waals surface area contributed by atoms with Gasteiger partial charge in [-0.25, -0.2) is 4.98 Å². The maximum absolute atomic E-state index is 10.7. The van der Waals surface area contributed by atoms with Crippen LogP contribution >= 0.6 is 0 Å². The van der Waals surface area contributed by atoms with E-state index in [0.29, 0.717) is 0 Å². The Kier molecular flexibility index (Phi) is 2.09. The number of nitrogens with one attached hydrogen (secondary N) is 2. The van der Waals surface area contributed by atoms with E-state index in [2.05, 4.69) is 15.3 Å². The lowest BCUT2D eigenvalue weighted by atomic mass is 10.4. The maximum Gasteiger partial charge on any atom is 0.269 e. The molecule has 0 spiro atoms. The van der Waals surface area contributed by atoms with Crippen molar-refractivity contribution < 1.29 is 9.59 Å². The quantitative estimate of drug-likeness (QED) is 0.553. The fourth-order valence-corrected chi connectivity index (χ4v) is 0.744. The normalized spacial score (nSPS) is 9.42. The van der Waals surface area contributed by atoms with Gasteiger partial charge >= 0.3 is 0 Å². The lowest BCUT2D eigenvalue weighted by Gasteiger charge is -1.97. The average molecular weight is 168 g/mol. The molecule has 0 aliphatic carbocycles. The van der Waals surface area contributed by atoms with Crippen LogP contribution in [0.4, 0.5) is 5.82 Å². The van der Waals surface area contributed by atoms with E-state index in [1.54, 1.807) is 0 Å². The molecule has 12 heavy (non-hydrogen) atoms. The van der Waals surface area contributed by atoms with Gasteiger partial charge in [0, 0.05) is 6.92 Å². The Morgan fingerprint density at radius 3 is 2.83 bits per heavy atom. The van der Waals surface area contributed by atoms with Crippen molar-refractivity contribution in [3.05, 3.63) is 12.0 Å². The summed E-state index contributed by atoms with van der Waals surface area (Å²) in [7, 11) is 0. The molecule has 0 aliphatic rings. The van der Waals surface area contributed by atoms with Gasteiger partial charge in [-0.1, -0.05) is 0 Å². The average Bonchev–Trinajstić information content (AvgIpc) is 2.33. The van der Waals surface area contributed by atoms with Gasteiger partial charge in [0.25, 0.3) is 5.91 Å². The van der Waals surface area contributed by atoms with Crippen LogP contribution in [-0.4, -0.2) is 21.8 Å². The van der Waals surface area contributed by atoms with Gasteiger partial charge in [-0.2, -0.15) is 0 Å². The summed E-state index contributed by atoms with van der Waals surface area (Å²) >= 11 is 0. The van der Waals surface area contributed by atoms with Gasteiger partial charge in [0.15, 0.2) is 5.82 Å². The Hall–Kier alpha value is -1.85. The van der Waals surface area contributed by atoms with Crippen LogP contribution in [0.5, 0.6) is 0 Å². The smallest absolute Gasteiger partial charge is 0.269 e. The van der Waals surface area contributed by atoms with Crippen molar-refractivity contribution >= 4 is 17.6 Å². The lowest BCUT2D eigenvalue weighted by Crippen LogP contribution is -2.16. The highest BCUT2D eigenvalue weighted by Gasteiger charge is 2.10.